The fourth-order valence-electron chi connectivity index (χ4n) is 2.07. The van der Waals surface area contributed by atoms with Gasteiger partial charge in [0.25, 0.3) is 0 Å². The molecule has 0 radical (unpaired) electrons. The Morgan fingerprint density at radius 2 is 1.88 bits per heavy atom. The predicted molar refractivity (Wildman–Crippen MR) is 64.2 cm³/mol. The number of nitrogens with one attached hydrogen (secondary N) is 1. The van der Waals surface area contributed by atoms with Crippen molar-refractivity contribution in [3.63, 3.8) is 0 Å². The third-order valence-electron chi connectivity index (χ3n) is 2.92. The van der Waals surface area contributed by atoms with E-state index in [0.29, 0.717) is 6.54 Å². The highest BCUT2D eigenvalue weighted by atomic mass is 16.6. The molecule has 0 atom stereocenters. The first-order valence-corrected chi connectivity index (χ1v) is 6.08. The number of alkyl carbamates (subject to hydrolysis) is 1. The van der Waals surface area contributed by atoms with Crippen LogP contribution >= 0.6 is 0 Å². The van der Waals surface area contributed by atoms with Crippen molar-refractivity contribution in [3.05, 3.63) is 0 Å². The van der Waals surface area contributed by atoms with E-state index in [2.05, 4.69) is 5.32 Å². The SMILES string of the molecule is CC(C)(C)NC(=O)OC1(CN)CCCCC1. The van der Waals surface area contributed by atoms with E-state index in [1.165, 1.54) is 6.42 Å². The van der Waals surface area contributed by atoms with Crippen LogP contribution in [0, 0.1) is 0 Å². The summed E-state index contributed by atoms with van der Waals surface area (Å²) in [6.07, 6.45) is 4.84. The van der Waals surface area contributed by atoms with Crippen LogP contribution in [-0.2, 0) is 4.74 Å². The van der Waals surface area contributed by atoms with Crippen LogP contribution in [0.15, 0.2) is 0 Å². The van der Waals surface area contributed by atoms with Crippen molar-refractivity contribution in [2.45, 2.75) is 64.0 Å². The lowest BCUT2D eigenvalue weighted by molar-refractivity contribution is -0.0123. The summed E-state index contributed by atoms with van der Waals surface area (Å²) in [5, 5.41) is 2.81. The van der Waals surface area contributed by atoms with Crippen LogP contribution < -0.4 is 11.1 Å². The zero-order chi connectivity index (χ0) is 12.2. The molecular formula is C12H24N2O2. The number of ether oxygens (including phenoxy) is 1. The number of nitrogens with two attached hydrogens (primary N) is 1. The van der Waals surface area contributed by atoms with E-state index in [0.717, 1.165) is 25.7 Å². The number of carbonyl (C=O) groups excluding carboxylic acids is 1. The van der Waals surface area contributed by atoms with Crippen LogP contribution in [0.5, 0.6) is 0 Å². The Morgan fingerprint density at radius 1 is 1.31 bits per heavy atom. The molecule has 0 aromatic carbocycles. The van der Waals surface area contributed by atoms with Gasteiger partial charge in [0.2, 0.25) is 0 Å². The van der Waals surface area contributed by atoms with Gasteiger partial charge in [0.15, 0.2) is 0 Å². The highest BCUT2D eigenvalue weighted by Gasteiger charge is 2.35. The molecule has 1 rings (SSSR count). The topological polar surface area (TPSA) is 64.3 Å². The molecule has 3 N–H and O–H groups in total. The number of hydrogen-bond donors (Lipinski definition) is 2. The maximum atomic E-state index is 11.7. The van der Waals surface area contributed by atoms with E-state index in [1.54, 1.807) is 0 Å². The van der Waals surface area contributed by atoms with Gasteiger partial charge in [-0.3, -0.25) is 0 Å². The summed E-state index contributed by atoms with van der Waals surface area (Å²) in [6, 6.07) is 0. The molecule has 1 fully saturated rings. The summed E-state index contributed by atoms with van der Waals surface area (Å²) in [7, 11) is 0. The standard InChI is InChI=1S/C12H24N2O2/c1-11(2,3)14-10(15)16-12(9-13)7-5-4-6-8-12/h4-9,13H2,1-3H3,(H,14,15). The fourth-order valence-corrected chi connectivity index (χ4v) is 2.07. The Hall–Kier alpha value is -0.770. The molecule has 94 valence electrons. The van der Waals surface area contributed by atoms with E-state index in [4.69, 9.17) is 10.5 Å². The number of hydrogen-bond acceptors (Lipinski definition) is 3. The van der Waals surface area contributed by atoms with Gasteiger partial charge in [-0.2, -0.15) is 0 Å². The zero-order valence-electron chi connectivity index (χ0n) is 10.6. The maximum absolute atomic E-state index is 11.7. The van der Waals surface area contributed by atoms with Crippen molar-refractivity contribution in [2.24, 2.45) is 5.73 Å². The minimum atomic E-state index is -0.423. The minimum Gasteiger partial charge on any atom is -0.442 e. The Kier molecular flexibility index (Phi) is 4.19. The van der Waals surface area contributed by atoms with E-state index >= 15 is 0 Å². The molecule has 4 nitrogen and oxygen atoms in total. The lowest BCUT2D eigenvalue weighted by Crippen LogP contribution is -2.49. The molecular weight excluding hydrogens is 204 g/mol. The molecule has 0 spiro atoms. The van der Waals surface area contributed by atoms with Crippen molar-refractivity contribution in [3.8, 4) is 0 Å². The third kappa shape index (κ3) is 4.00. The molecule has 4 heteroatoms. The van der Waals surface area contributed by atoms with Gasteiger partial charge >= 0.3 is 6.09 Å². The minimum absolute atomic E-state index is 0.262. The molecule has 0 heterocycles. The Labute approximate surface area is 97.9 Å². The Bertz CT molecular complexity index is 240. The lowest BCUT2D eigenvalue weighted by atomic mass is 9.85. The molecule has 16 heavy (non-hydrogen) atoms. The first-order valence-electron chi connectivity index (χ1n) is 6.08. The lowest BCUT2D eigenvalue weighted by Gasteiger charge is -2.36. The van der Waals surface area contributed by atoms with Gasteiger partial charge in [-0.1, -0.05) is 6.42 Å². The zero-order valence-corrected chi connectivity index (χ0v) is 10.6. The summed E-state index contributed by atoms with van der Waals surface area (Å²) in [5.41, 5.74) is 5.06. The molecule has 0 aliphatic heterocycles. The van der Waals surface area contributed by atoms with Crippen LogP contribution in [0.2, 0.25) is 0 Å². The second kappa shape index (κ2) is 5.04. The average molecular weight is 228 g/mol. The first-order chi connectivity index (χ1) is 7.37. The maximum Gasteiger partial charge on any atom is 0.408 e. The number of rotatable bonds is 2. The van der Waals surface area contributed by atoms with Gasteiger partial charge in [-0.25, -0.2) is 4.79 Å². The monoisotopic (exact) mass is 228 g/mol. The molecule has 0 aromatic rings. The summed E-state index contributed by atoms with van der Waals surface area (Å²) < 4.78 is 5.53. The van der Waals surface area contributed by atoms with Gasteiger partial charge in [-0.05, 0) is 46.5 Å². The van der Waals surface area contributed by atoms with Gasteiger partial charge in [-0.15, -0.1) is 0 Å². The van der Waals surface area contributed by atoms with Crippen molar-refractivity contribution < 1.29 is 9.53 Å². The summed E-state index contributed by atoms with van der Waals surface area (Å²) in [6.45, 7) is 6.23. The highest BCUT2D eigenvalue weighted by Crippen LogP contribution is 2.30. The van der Waals surface area contributed by atoms with E-state index in [-0.39, 0.29) is 11.6 Å². The second-order valence-electron chi connectivity index (χ2n) is 5.71. The van der Waals surface area contributed by atoms with Crippen molar-refractivity contribution >= 4 is 6.09 Å². The van der Waals surface area contributed by atoms with Crippen molar-refractivity contribution in [2.75, 3.05) is 6.54 Å². The number of amides is 1. The average Bonchev–Trinajstić information content (AvgIpc) is 2.16. The van der Waals surface area contributed by atoms with Crippen LogP contribution in [0.25, 0.3) is 0 Å². The van der Waals surface area contributed by atoms with Gasteiger partial charge < -0.3 is 15.8 Å². The summed E-state index contributed by atoms with van der Waals surface area (Å²) in [4.78, 5) is 11.7. The largest absolute Gasteiger partial charge is 0.442 e. The van der Waals surface area contributed by atoms with E-state index in [1.807, 2.05) is 20.8 Å². The van der Waals surface area contributed by atoms with Gasteiger partial charge in [0.05, 0.1) is 0 Å². The Balaban J connectivity index is 2.52. The molecule has 0 unspecified atom stereocenters. The fraction of sp³-hybridized carbons (Fsp3) is 0.917. The van der Waals surface area contributed by atoms with Crippen LogP contribution in [0.3, 0.4) is 0 Å². The molecule has 1 saturated carbocycles. The third-order valence-corrected chi connectivity index (χ3v) is 2.92. The second-order valence-corrected chi connectivity index (χ2v) is 5.71. The Morgan fingerprint density at radius 3 is 2.31 bits per heavy atom. The normalized spacial score (nSPS) is 20.2. The van der Waals surface area contributed by atoms with Gasteiger partial charge in [0, 0.05) is 12.1 Å². The molecule has 0 saturated heterocycles. The molecule has 1 aliphatic rings. The smallest absolute Gasteiger partial charge is 0.408 e. The number of carbonyl (C=O) groups is 1. The summed E-state index contributed by atoms with van der Waals surface area (Å²) >= 11 is 0. The van der Waals surface area contributed by atoms with E-state index in [9.17, 15) is 4.79 Å². The summed E-state index contributed by atoms with van der Waals surface area (Å²) in [5.74, 6) is 0. The van der Waals surface area contributed by atoms with E-state index < -0.39 is 5.60 Å². The van der Waals surface area contributed by atoms with Gasteiger partial charge in [0.1, 0.15) is 5.60 Å². The molecule has 0 aromatic heterocycles. The van der Waals surface area contributed by atoms with Crippen LogP contribution in [0.1, 0.15) is 52.9 Å². The molecule has 1 amide bonds. The molecule has 1 aliphatic carbocycles. The van der Waals surface area contributed by atoms with Crippen LogP contribution in [-0.4, -0.2) is 23.8 Å². The van der Waals surface area contributed by atoms with Crippen molar-refractivity contribution in [1.82, 2.24) is 5.32 Å². The molecule has 0 bridgehead atoms. The van der Waals surface area contributed by atoms with Crippen LogP contribution in [0.4, 0.5) is 4.79 Å². The highest BCUT2D eigenvalue weighted by molar-refractivity contribution is 5.68. The quantitative estimate of drug-likeness (QED) is 0.761. The van der Waals surface area contributed by atoms with Crippen molar-refractivity contribution in [1.29, 1.82) is 0 Å². The predicted octanol–water partition coefficient (Wildman–Crippen LogP) is 2.17. The first kappa shape index (κ1) is 13.3.